The molecule has 27 heavy (non-hydrogen) atoms. The second-order valence-corrected chi connectivity index (χ2v) is 7.88. The number of dihydropyridines is 1. The van der Waals surface area contributed by atoms with E-state index in [0.29, 0.717) is 41.7 Å². The first kappa shape index (κ1) is 19.3. The largest absolute Gasteiger partial charge is 0.463 e. The number of hydrogen-bond donors (Lipinski definition) is 1. The quantitative estimate of drug-likeness (QED) is 0.798. The number of Topliss-reactive ketones (excluding diaryl/α,β-unsaturated/α-hetero) is 1. The number of esters is 1. The van der Waals surface area contributed by atoms with Gasteiger partial charge in [0.2, 0.25) is 0 Å². The molecule has 5 heteroatoms. The molecule has 0 bridgehead atoms. The highest BCUT2D eigenvalue weighted by molar-refractivity contribution is 6.04. The van der Waals surface area contributed by atoms with Crippen molar-refractivity contribution in [3.05, 3.63) is 58.2 Å². The highest BCUT2D eigenvalue weighted by Gasteiger charge is 2.44. The monoisotopic (exact) mass is 371 g/mol. The van der Waals surface area contributed by atoms with Gasteiger partial charge in [0.05, 0.1) is 18.1 Å². The Hall–Kier alpha value is -2.43. The molecule has 2 aliphatic rings. The fraction of sp³-hybridized carbons (Fsp3) is 0.455. The van der Waals surface area contributed by atoms with Crippen LogP contribution in [0.1, 0.15) is 58.4 Å². The van der Waals surface area contributed by atoms with Gasteiger partial charge in [-0.1, -0.05) is 39.0 Å². The normalized spacial score (nSPS) is 21.7. The van der Waals surface area contributed by atoms with Gasteiger partial charge < -0.3 is 10.1 Å². The minimum Gasteiger partial charge on any atom is -0.463 e. The maximum atomic E-state index is 14.7. The number of hydrogen-bond acceptors (Lipinski definition) is 4. The van der Waals surface area contributed by atoms with Crippen molar-refractivity contribution in [2.45, 2.75) is 52.9 Å². The fourth-order valence-electron chi connectivity index (χ4n) is 4.10. The Morgan fingerprint density at radius 3 is 2.59 bits per heavy atom. The van der Waals surface area contributed by atoms with Gasteiger partial charge in [-0.3, -0.25) is 4.79 Å². The summed E-state index contributed by atoms with van der Waals surface area (Å²) >= 11 is 0. The molecule has 0 unspecified atom stereocenters. The van der Waals surface area contributed by atoms with E-state index in [1.807, 2.05) is 20.8 Å². The summed E-state index contributed by atoms with van der Waals surface area (Å²) in [5.41, 5.74) is 2.51. The Morgan fingerprint density at radius 1 is 1.26 bits per heavy atom. The summed E-state index contributed by atoms with van der Waals surface area (Å²) in [6, 6.07) is 6.35. The number of ketones is 1. The van der Waals surface area contributed by atoms with E-state index in [9.17, 15) is 14.0 Å². The molecule has 0 saturated carbocycles. The van der Waals surface area contributed by atoms with Crippen LogP contribution in [0.25, 0.3) is 0 Å². The van der Waals surface area contributed by atoms with Crippen molar-refractivity contribution >= 4 is 11.8 Å². The Labute approximate surface area is 159 Å². The maximum Gasteiger partial charge on any atom is 0.336 e. The molecule has 0 spiro atoms. The summed E-state index contributed by atoms with van der Waals surface area (Å²) in [5.74, 6) is -1.70. The summed E-state index contributed by atoms with van der Waals surface area (Å²) in [6.07, 6.45) is 1.61. The molecule has 1 aromatic carbocycles. The van der Waals surface area contributed by atoms with Gasteiger partial charge in [-0.25, -0.2) is 9.18 Å². The average Bonchev–Trinajstić information content (AvgIpc) is 2.59. The topological polar surface area (TPSA) is 55.4 Å². The molecule has 1 heterocycles. The van der Waals surface area contributed by atoms with Crippen molar-refractivity contribution in [2.75, 3.05) is 6.61 Å². The molecule has 0 radical (unpaired) electrons. The van der Waals surface area contributed by atoms with Crippen molar-refractivity contribution in [3.63, 3.8) is 0 Å². The summed E-state index contributed by atoms with van der Waals surface area (Å²) < 4.78 is 20.0. The molecule has 0 aromatic heterocycles. The number of nitrogens with one attached hydrogen (secondary N) is 1. The molecular weight excluding hydrogens is 345 g/mol. The van der Waals surface area contributed by atoms with Crippen LogP contribution in [-0.2, 0) is 14.3 Å². The van der Waals surface area contributed by atoms with E-state index in [1.54, 1.807) is 25.1 Å². The van der Waals surface area contributed by atoms with Crippen molar-refractivity contribution in [1.82, 2.24) is 5.32 Å². The lowest BCUT2D eigenvalue weighted by Gasteiger charge is -2.40. The van der Waals surface area contributed by atoms with Crippen molar-refractivity contribution < 1.29 is 18.7 Å². The van der Waals surface area contributed by atoms with Gasteiger partial charge in [-0.2, -0.15) is 0 Å². The molecule has 1 aliphatic carbocycles. The first-order valence-corrected chi connectivity index (χ1v) is 9.47. The second kappa shape index (κ2) is 7.29. The first-order chi connectivity index (χ1) is 12.8. The third-order valence-corrected chi connectivity index (χ3v) is 5.19. The molecule has 1 aliphatic heterocycles. The fourth-order valence-corrected chi connectivity index (χ4v) is 4.10. The molecule has 0 saturated heterocycles. The second-order valence-electron chi connectivity index (χ2n) is 7.88. The van der Waals surface area contributed by atoms with Crippen LogP contribution in [-0.4, -0.2) is 18.4 Å². The first-order valence-electron chi connectivity index (χ1n) is 9.47. The summed E-state index contributed by atoms with van der Waals surface area (Å²) in [5, 5.41) is 3.31. The number of carbonyl (C=O) groups excluding carboxylic acids is 2. The predicted octanol–water partition coefficient (Wildman–Crippen LogP) is 4.38. The minimum atomic E-state index is -0.736. The van der Waals surface area contributed by atoms with Crippen molar-refractivity contribution in [2.24, 2.45) is 5.41 Å². The van der Waals surface area contributed by atoms with E-state index in [0.717, 1.165) is 5.70 Å². The zero-order chi connectivity index (χ0) is 19.8. The van der Waals surface area contributed by atoms with E-state index < -0.39 is 17.7 Å². The lowest BCUT2D eigenvalue weighted by Crippen LogP contribution is -2.39. The van der Waals surface area contributed by atoms with Crippen LogP contribution >= 0.6 is 0 Å². The van der Waals surface area contributed by atoms with Gasteiger partial charge >= 0.3 is 5.97 Å². The van der Waals surface area contributed by atoms with Crippen molar-refractivity contribution in [3.8, 4) is 0 Å². The Kier molecular flexibility index (Phi) is 5.22. The number of ether oxygens (including phenoxy) is 1. The average molecular weight is 371 g/mol. The van der Waals surface area contributed by atoms with Crippen LogP contribution < -0.4 is 5.32 Å². The van der Waals surface area contributed by atoms with Crippen LogP contribution in [0.3, 0.4) is 0 Å². The van der Waals surface area contributed by atoms with Crippen LogP contribution in [0.4, 0.5) is 4.39 Å². The molecule has 0 fully saturated rings. The van der Waals surface area contributed by atoms with Gasteiger partial charge in [0.25, 0.3) is 0 Å². The smallest absolute Gasteiger partial charge is 0.336 e. The molecule has 4 nitrogen and oxygen atoms in total. The Morgan fingerprint density at radius 2 is 1.96 bits per heavy atom. The number of carbonyl (C=O) groups is 2. The van der Waals surface area contributed by atoms with Gasteiger partial charge in [0.1, 0.15) is 5.82 Å². The summed E-state index contributed by atoms with van der Waals surface area (Å²) in [4.78, 5) is 25.9. The molecule has 144 valence electrons. The number of benzene rings is 1. The Balaban J connectivity index is 2.24. The lowest BCUT2D eigenvalue weighted by molar-refractivity contribution is -0.138. The number of halogens is 1. The number of allylic oxidation sites excluding steroid dienone is 3. The van der Waals surface area contributed by atoms with E-state index in [2.05, 4.69) is 5.32 Å². The highest BCUT2D eigenvalue weighted by Crippen LogP contribution is 2.47. The van der Waals surface area contributed by atoms with Gasteiger partial charge in [-0.05, 0) is 31.2 Å². The maximum absolute atomic E-state index is 14.7. The standard InChI is InChI=1S/C22H26FNO3/c1-5-15-20(21(26)27-6-2)18(13-9-7-8-10-14(13)23)19-16(24-15)11-22(3,4)12-17(19)25/h7-10,18,24H,5-6,11-12H2,1-4H3/t18-/m1/s1. The zero-order valence-electron chi connectivity index (χ0n) is 16.3. The molecule has 1 atom stereocenters. The predicted molar refractivity (Wildman–Crippen MR) is 101 cm³/mol. The van der Waals surface area contributed by atoms with Crippen LogP contribution in [0.15, 0.2) is 46.8 Å². The SMILES string of the molecule is CCOC(=O)C1=C(CC)NC2=C(C(=O)CC(C)(C)C2)[C@H]1c1ccccc1F. The van der Waals surface area contributed by atoms with Crippen LogP contribution in [0.5, 0.6) is 0 Å². The summed E-state index contributed by atoms with van der Waals surface area (Å²) in [7, 11) is 0. The zero-order valence-corrected chi connectivity index (χ0v) is 16.3. The van der Waals surface area contributed by atoms with Crippen LogP contribution in [0, 0.1) is 11.2 Å². The molecular formula is C22H26FNO3. The van der Waals surface area contributed by atoms with Gasteiger partial charge in [0.15, 0.2) is 5.78 Å². The van der Waals surface area contributed by atoms with E-state index in [1.165, 1.54) is 6.07 Å². The van der Waals surface area contributed by atoms with Gasteiger partial charge in [-0.15, -0.1) is 0 Å². The molecule has 0 amide bonds. The molecule has 1 aromatic rings. The lowest BCUT2D eigenvalue weighted by atomic mass is 9.68. The third-order valence-electron chi connectivity index (χ3n) is 5.19. The van der Waals surface area contributed by atoms with E-state index >= 15 is 0 Å². The van der Waals surface area contributed by atoms with E-state index in [4.69, 9.17) is 4.74 Å². The molecule has 3 rings (SSSR count). The third kappa shape index (κ3) is 3.55. The summed E-state index contributed by atoms with van der Waals surface area (Å²) in [6.45, 7) is 7.98. The van der Waals surface area contributed by atoms with Crippen LogP contribution in [0.2, 0.25) is 0 Å². The highest BCUT2D eigenvalue weighted by atomic mass is 19.1. The van der Waals surface area contributed by atoms with E-state index in [-0.39, 0.29) is 17.8 Å². The van der Waals surface area contributed by atoms with Gasteiger partial charge in [0, 0.05) is 29.0 Å². The minimum absolute atomic E-state index is 0.0426. The Bertz CT molecular complexity index is 851. The number of rotatable bonds is 4. The van der Waals surface area contributed by atoms with Crippen molar-refractivity contribution in [1.29, 1.82) is 0 Å². The molecule has 1 N–H and O–H groups in total.